The third kappa shape index (κ3) is 3.13. The fourth-order valence-corrected chi connectivity index (χ4v) is 1.05. The number of methoxy groups -OCH3 is 1. The third-order valence-electron chi connectivity index (χ3n) is 1.99. The molecule has 0 amide bonds. The first-order chi connectivity index (χ1) is 5.74. The van der Waals surface area contributed by atoms with E-state index in [-0.39, 0.29) is 23.9 Å². The molecule has 0 aromatic carbocycles. The lowest BCUT2D eigenvalue weighted by molar-refractivity contribution is -0.128. The molecule has 1 rings (SSSR count). The van der Waals surface area contributed by atoms with Gasteiger partial charge in [-0.2, -0.15) is 0 Å². The molecule has 1 saturated carbocycles. The molecule has 0 bridgehead atoms. The lowest BCUT2D eigenvalue weighted by Gasteiger charge is -1.97. The van der Waals surface area contributed by atoms with E-state index in [0.717, 1.165) is 12.8 Å². The van der Waals surface area contributed by atoms with Gasteiger partial charge in [0.2, 0.25) is 0 Å². The van der Waals surface area contributed by atoms with E-state index in [2.05, 4.69) is 0 Å². The minimum atomic E-state index is 0.00810. The zero-order valence-corrected chi connectivity index (χ0v) is 7.34. The highest BCUT2D eigenvalue weighted by Crippen LogP contribution is 2.30. The Kier molecular flexibility index (Phi) is 3.41. The van der Waals surface area contributed by atoms with Crippen LogP contribution in [0.1, 0.15) is 25.7 Å². The quantitative estimate of drug-likeness (QED) is 0.558. The standard InChI is InChI=1S/C9H14O3/c1-12-5-4-8(10)6-9(11)7-2-3-7/h7H,2-6H2,1H3. The maximum absolute atomic E-state index is 11.1. The maximum atomic E-state index is 11.1. The Bertz CT molecular complexity index is 182. The lowest BCUT2D eigenvalue weighted by atomic mass is 10.1. The number of ether oxygens (including phenoxy) is 1. The molecule has 0 radical (unpaired) electrons. The number of Topliss-reactive ketones (excluding diaryl/α,β-unsaturated/α-hetero) is 2. The van der Waals surface area contributed by atoms with Gasteiger partial charge < -0.3 is 4.74 Å². The van der Waals surface area contributed by atoms with Crippen LogP contribution in [0.15, 0.2) is 0 Å². The zero-order chi connectivity index (χ0) is 8.97. The molecule has 0 atom stereocenters. The topological polar surface area (TPSA) is 43.4 Å². The zero-order valence-electron chi connectivity index (χ0n) is 7.34. The Morgan fingerprint density at radius 3 is 2.58 bits per heavy atom. The monoisotopic (exact) mass is 170 g/mol. The van der Waals surface area contributed by atoms with Crippen molar-refractivity contribution < 1.29 is 14.3 Å². The van der Waals surface area contributed by atoms with Crippen LogP contribution < -0.4 is 0 Å². The highest BCUT2D eigenvalue weighted by Gasteiger charge is 2.30. The van der Waals surface area contributed by atoms with Crippen LogP contribution in [-0.2, 0) is 14.3 Å². The molecule has 0 aliphatic heterocycles. The van der Waals surface area contributed by atoms with Gasteiger partial charge in [0.15, 0.2) is 0 Å². The van der Waals surface area contributed by atoms with Crippen LogP contribution in [0.3, 0.4) is 0 Å². The molecule has 0 N–H and O–H groups in total. The lowest BCUT2D eigenvalue weighted by Crippen LogP contribution is -2.10. The molecule has 3 heteroatoms. The molecule has 1 aliphatic rings. The number of rotatable bonds is 6. The predicted molar refractivity (Wildman–Crippen MR) is 43.8 cm³/mol. The van der Waals surface area contributed by atoms with Gasteiger partial charge in [0.1, 0.15) is 11.6 Å². The first kappa shape index (κ1) is 9.39. The van der Waals surface area contributed by atoms with Crippen LogP contribution in [0, 0.1) is 5.92 Å². The molecule has 12 heavy (non-hydrogen) atoms. The van der Waals surface area contributed by atoms with E-state index in [0.29, 0.717) is 13.0 Å². The average molecular weight is 170 g/mol. The summed E-state index contributed by atoms with van der Waals surface area (Å²) in [5.74, 6) is 0.335. The van der Waals surface area contributed by atoms with Crippen LogP contribution >= 0.6 is 0 Å². The van der Waals surface area contributed by atoms with Crippen molar-refractivity contribution >= 4 is 11.6 Å². The van der Waals surface area contributed by atoms with Crippen molar-refractivity contribution in [3.05, 3.63) is 0 Å². The predicted octanol–water partition coefficient (Wildman–Crippen LogP) is 0.961. The second-order valence-corrected chi connectivity index (χ2v) is 3.20. The molecule has 1 fully saturated rings. The Morgan fingerprint density at radius 2 is 2.08 bits per heavy atom. The van der Waals surface area contributed by atoms with Crippen molar-refractivity contribution in [2.75, 3.05) is 13.7 Å². The second kappa shape index (κ2) is 4.36. The Hall–Kier alpha value is -0.700. The van der Waals surface area contributed by atoms with E-state index in [9.17, 15) is 9.59 Å². The van der Waals surface area contributed by atoms with Crippen molar-refractivity contribution in [3.63, 3.8) is 0 Å². The Morgan fingerprint density at radius 1 is 1.42 bits per heavy atom. The van der Waals surface area contributed by atoms with Gasteiger partial charge in [-0.1, -0.05) is 0 Å². The van der Waals surface area contributed by atoms with Crippen LogP contribution in [0.25, 0.3) is 0 Å². The van der Waals surface area contributed by atoms with Gasteiger partial charge >= 0.3 is 0 Å². The van der Waals surface area contributed by atoms with E-state index >= 15 is 0 Å². The summed E-state index contributed by atoms with van der Waals surface area (Å²) in [5, 5.41) is 0. The molecule has 0 heterocycles. The van der Waals surface area contributed by atoms with Crippen molar-refractivity contribution in [1.82, 2.24) is 0 Å². The van der Waals surface area contributed by atoms with Gasteiger partial charge in [-0.25, -0.2) is 0 Å². The molecular weight excluding hydrogens is 156 g/mol. The fraction of sp³-hybridized carbons (Fsp3) is 0.778. The van der Waals surface area contributed by atoms with Crippen molar-refractivity contribution in [2.45, 2.75) is 25.7 Å². The Balaban J connectivity index is 2.11. The van der Waals surface area contributed by atoms with Gasteiger partial charge in [0.05, 0.1) is 13.0 Å². The summed E-state index contributed by atoms with van der Waals surface area (Å²) in [6.45, 7) is 0.427. The van der Waals surface area contributed by atoms with Gasteiger partial charge in [-0.05, 0) is 12.8 Å². The van der Waals surface area contributed by atoms with Gasteiger partial charge in [0, 0.05) is 19.4 Å². The minimum absolute atomic E-state index is 0.00810. The molecule has 0 spiro atoms. The van der Waals surface area contributed by atoms with Gasteiger partial charge in [-0.3, -0.25) is 9.59 Å². The largest absolute Gasteiger partial charge is 0.384 e. The highest BCUT2D eigenvalue weighted by molar-refractivity contribution is 6.00. The summed E-state index contributed by atoms with van der Waals surface area (Å²) in [7, 11) is 1.55. The Labute approximate surface area is 72.1 Å². The minimum Gasteiger partial charge on any atom is -0.384 e. The highest BCUT2D eigenvalue weighted by atomic mass is 16.5. The van der Waals surface area contributed by atoms with E-state index < -0.39 is 0 Å². The summed E-state index contributed by atoms with van der Waals surface area (Å²) in [5.41, 5.74) is 0. The number of carbonyl (C=O) groups is 2. The molecule has 0 saturated heterocycles. The molecule has 1 aliphatic carbocycles. The van der Waals surface area contributed by atoms with Crippen LogP contribution in [0.2, 0.25) is 0 Å². The molecule has 0 aromatic heterocycles. The van der Waals surface area contributed by atoms with Crippen LogP contribution in [-0.4, -0.2) is 25.3 Å². The van der Waals surface area contributed by atoms with E-state index in [4.69, 9.17) is 4.74 Å². The third-order valence-corrected chi connectivity index (χ3v) is 1.99. The number of hydrogen-bond donors (Lipinski definition) is 0. The van der Waals surface area contributed by atoms with Crippen LogP contribution in [0.5, 0.6) is 0 Å². The average Bonchev–Trinajstić information content (AvgIpc) is 2.82. The van der Waals surface area contributed by atoms with Crippen molar-refractivity contribution in [1.29, 1.82) is 0 Å². The number of hydrogen-bond acceptors (Lipinski definition) is 3. The van der Waals surface area contributed by atoms with E-state index in [1.165, 1.54) is 0 Å². The maximum Gasteiger partial charge on any atom is 0.143 e. The fourth-order valence-electron chi connectivity index (χ4n) is 1.05. The summed E-state index contributed by atoms with van der Waals surface area (Å²) in [6.07, 6.45) is 2.45. The van der Waals surface area contributed by atoms with Gasteiger partial charge in [0.25, 0.3) is 0 Å². The normalized spacial score (nSPS) is 16.1. The van der Waals surface area contributed by atoms with Gasteiger partial charge in [-0.15, -0.1) is 0 Å². The second-order valence-electron chi connectivity index (χ2n) is 3.20. The summed E-state index contributed by atoms with van der Waals surface area (Å²) in [6, 6.07) is 0. The smallest absolute Gasteiger partial charge is 0.143 e. The van der Waals surface area contributed by atoms with E-state index in [1.807, 2.05) is 0 Å². The van der Waals surface area contributed by atoms with Crippen molar-refractivity contribution in [3.8, 4) is 0 Å². The molecule has 0 unspecified atom stereocenters. The van der Waals surface area contributed by atoms with E-state index in [1.54, 1.807) is 7.11 Å². The van der Waals surface area contributed by atoms with Crippen molar-refractivity contribution in [2.24, 2.45) is 5.92 Å². The molecule has 68 valence electrons. The first-order valence-electron chi connectivity index (χ1n) is 4.27. The SMILES string of the molecule is COCCC(=O)CC(=O)C1CC1. The summed E-state index contributed by atoms with van der Waals surface area (Å²) >= 11 is 0. The molecular formula is C9H14O3. The molecule has 3 nitrogen and oxygen atoms in total. The summed E-state index contributed by atoms with van der Waals surface area (Å²) in [4.78, 5) is 22.2. The first-order valence-corrected chi connectivity index (χ1v) is 4.27. The summed E-state index contributed by atoms with van der Waals surface area (Å²) < 4.78 is 4.74. The number of ketones is 2. The number of carbonyl (C=O) groups excluding carboxylic acids is 2. The van der Waals surface area contributed by atoms with Crippen LogP contribution in [0.4, 0.5) is 0 Å². The molecule has 0 aromatic rings.